The molecule has 0 saturated carbocycles. The van der Waals surface area contributed by atoms with E-state index in [1.165, 1.54) is 6.07 Å². The van der Waals surface area contributed by atoms with Crippen molar-refractivity contribution in [3.63, 3.8) is 0 Å². The molecule has 1 fully saturated rings. The number of hydrogen-bond acceptors (Lipinski definition) is 6. The van der Waals surface area contributed by atoms with Gasteiger partial charge in [-0.2, -0.15) is 0 Å². The van der Waals surface area contributed by atoms with Crippen LogP contribution in [0.3, 0.4) is 0 Å². The van der Waals surface area contributed by atoms with E-state index in [9.17, 15) is 25.5 Å². The summed E-state index contributed by atoms with van der Waals surface area (Å²) in [6.45, 7) is -0.514. The molecule has 1 aliphatic heterocycles. The molecule has 0 amide bonds. The van der Waals surface area contributed by atoms with E-state index in [1.807, 2.05) is 18.2 Å². The Bertz CT molecular complexity index is 925. The molecule has 4 rings (SSSR count). The molecule has 5 N–H and O–H groups in total. The van der Waals surface area contributed by atoms with Gasteiger partial charge in [0.15, 0.2) is 0 Å². The van der Waals surface area contributed by atoms with Crippen LogP contribution in [0.15, 0.2) is 60.7 Å². The Labute approximate surface area is 168 Å². The summed E-state index contributed by atoms with van der Waals surface area (Å²) in [5, 5.41) is 50.1. The minimum Gasteiger partial charge on any atom is -0.508 e. The third-order valence-corrected chi connectivity index (χ3v) is 5.49. The van der Waals surface area contributed by atoms with E-state index < -0.39 is 37.1 Å². The van der Waals surface area contributed by atoms with Crippen LogP contribution in [0.4, 0.5) is 0 Å². The second-order valence-electron chi connectivity index (χ2n) is 7.50. The highest BCUT2D eigenvalue weighted by molar-refractivity contribution is 5.68. The van der Waals surface area contributed by atoms with Gasteiger partial charge in [-0.15, -0.1) is 0 Å². The summed E-state index contributed by atoms with van der Waals surface area (Å²) >= 11 is 0. The predicted octanol–water partition coefficient (Wildman–Crippen LogP) is 1.60. The monoisotopic (exact) mass is 396 g/mol. The molecule has 29 heavy (non-hydrogen) atoms. The van der Waals surface area contributed by atoms with Crippen molar-refractivity contribution < 1.29 is 30.3 Å². The highest BCUT2D eigenvalue weighted by Gasteiger charge is 2.44. The molecule has 0 spiro atoms. The summed E-state index contributed by atoms with van der Waals surface area (Å²) in [7, 11) is 0. The van der Waals surface area contributed by atoms with Gasteiger partial charge >= 0.3 is 0 Å². The first-order valence-corrected chi connectivity index (χ1v) is 9.58. The van der Waals surface area contributed by atoms with E-state index in [4.69, 9.17) is 4.74 Å². The highest BCUT2D eigenvalue weighted by atomic mass is 16.5. The Morgan fingerprint density at radius 1 is 0.759 bits per heavy atom. The number of fused-ring (bicyclic) bond motifs is 1. The van der Waals surface area contributed by atoms with Crippen LogP contribution in [-0.2, 0) is 11.2 Å². The smallest absolute Gasteiger partial charge is 0.121 e. The topological polar surface area (TPSA) is 110 Å². The molecule has 3 aliphatic rings. The summed E-state index contributed by atoms with van der Waals surface area (Å²) in [6, 6.07) is 19.3. The van der Waals surface area contributed by atoms with E-state index >= 15 is 0 Å². The fourth-order valence-corrected chi connectivity index (χ4v) is 3.92. The summed E-state index contributed by atoms with van der Waals surface area (Å²) in [4.78, 5) is 0. The van der Waals surface area contributed by atoms with Gasteiger partial charge in [0.05, 0.1) is 6.61 Å². The van der Waals surface area contributed by atoms with Crippen molar-refractivity contribution in [2.45, 2.75) is 36.9 Å². The molecule has 0 bridgehead atoms. The molecule has 0 aromatic heterocycles. The summed E-state index contributed by atoms with van der Waals surface area (Å²) in [6.07, 6.45) is -5.84. The Kier molecular flexibility index (Phi) is 5.54. The molecule has 5 atom stereocenters. The lowest BCUT2D eigenvalue weighted by atomic mass is 9.89. The number of hydrogen-bond donors (Lipinski definition) is 5. The zero-order valence-corrected chi connectivity index (χ0v) is 15.7. The standard InChI is InChI=1S/C23H24O6/c24-12-19-20(26)21(27)22(28)23(29-19)17-11-13(6-7-18(17)25)8-14-9-15-4-2-1-3-5-16(15)10-14/h1-7,9-11,19-28H,8,12H2/t19?,20-,21?,22-,23?/m1/s1. The molecule has 1 heterocycles. The fourth-order valence-electron chi connectivity index (χ4n) is 3.92. The Morgan fingerprint density at radius 2 is 1.45 bits per heavy atom. The van der Waals surface area contributed by atoms with Gasteiger partial charge in [-0.3, -0.25) is 0 Å². The maximum absolute atomic E-state index is 10.4. The molecular formula is C23H24O6. The molecule has 3 unspecified atom stereocenters. The first kappa shape index (κ1) is 19.8. The zero-order valence-electron chi connectivity index (χ0n) is 15.7. The van der Waals surface area contributed by atoms with E-state index in [-0.39, 0.29) is 5.75 Å². The van der Waals surface area contributed by atoms with Crippen molar-refractivity contribution >= 4 is 0 Å². The van der Waals surface area contributed by atoms with Gasteiger partial charge in [-0.05, 0) is 40.8 Å². The lowest BCUT2D eigenvalue weighted by molar-refractivity contribution is -0.232. The molecule has 1 aromatic rings. The Hall–Kier alpha value is -2.48. The zero-order chi connectivity index (χ0) is 20.5. The van der Waals surface area contributed by atoms with Crippen LogP contribution in [0.1, 0.15) is 22.8 Å². The first-order chi connectivity index (χ1) is 14.0. The van der Waals surface area contributed by atoms with Crippen LogP contribution < -0.4 is 0 Å². The van der Waals surface area contributed by atoms with Crippen molar-refractivity contribution in [2.75, 3.05) is 6.61 Å². The van der Waals surface area contributed by atoms with Crippen LogP contribution in [-0.4, -0.2) is 56.6 Å². The first-order valence-electron chi connectivity index (χ1n) is 9.58. The number of aromatic hydroxyl groups is 1. The number of phenols is 1. The van der Waals surface area contributed by atoms with Crippen LogP contribution in [0.5, 0.6) is 5.75 Å². The van der Waals surface area contributed by atoms with Gasteiger partial charge in [0, 0.05) is 5.56 Å². The number of aliphatic hydroxyl groups excluding tert-OH is 4. The van der Waals surface area contributed by atoms with Gasteiger partial charge in [-0.1, -0.05) is 48.5 Å². The second-order valence-corrected chi connectivity index (χ2v) is 7.50. The quantitative estimate of drug-likeness (QED) is 0.458. The third-order valence-electron chi connectivity index (χ3n) is 5.49. The minimum atomic E-state index is -1.49. The second kappa shape index (κ2) is 8.10. The van der Waals surface area contributed by atoms with E-state index in [1.54, 1.807) is 12.1 Å². The fraction of sp³-hybridized carbons (Fsp3) is 0.304. The molecule has 6 heteroatoms. The van der Waals surface area contributed by atoms with Crippen molar-refractivity contribution in [2.24, 2.45) is 0 Å². The number of aliphatic hydroxyl groups is 4. The summed E-state index contributed by atoms with van der Waals surface area (Å²) in [5.41, 5.74) is 4.59. The highest BCUT2D eigenvalue weighted by Crippen LogP contribution is 2.37. The SMILES string of the molecule is OCC1OC(c2cc(Cc3cc4cccccc-4c3)ccc2O)[C@H](O)C(O)[C@@H]1O. The number of benzene rings is 1. The minimum absolute atomic E-state index is 0.0854. The summed E-state index contributed by atoms with van der Waals surface area (Å²) in [5.74, 6) is -0.0854. The molecule has 1 aromatic carbocycles. The lowest BCUT2D eigenvalue weighted by Gasteiger charge is -2.40. The average molecular weight is 396 g/mol. The van der Waals surface area contributed by atoms with E-state index in [0.29, 0.717) is 12.0 Å². The number of phenolic OH excluding ortho intramolecular Hbond substituents is 1. The Morgan fingerprint density at radius 3 is 2.10 bits per heavy atom. The van der Waals surface area contributed by atoms with Crippen molar-refractivity contribution in [1.82, 2.24) is 0 Å². The van der Waals surface area contributed by atoms with Crippen molar-refractivity contribution in [1.29, 1.82) is 0 Å². The molecule has 152 valence electrons. The third kappa shape index (κ3) is 3.85. The average Bonchev–Trinajstić information content (AvgIpc) is 2.96. The number of ether oxygens (including phenoxy) is 1. The maximum atomic E-state index is 10.4. The van der Waals surface area contributed by atoms with Crippen molar-refractivity contribution in [3.05, 3.63) is 77.4 Å². The van der Waals surface area contributed by atoms with Gasteiger partial charge in [0.2, 0.25) is 0 Å². The van der Waals surface area contributed by atoms with Crippen LogP contribution in [0.2, 0.25) is 0 Å². The van der Waals surface area contributed by atoms with E-state index in [2.05, 4.69) is 24.3 Å². The van der Waals surface area contributed by atoms with Crippen LogP contribution >= 0.6 is 0 Å². The molecule has 2 aliphatic carbocycles. The van der Waals surface area contributed by atoms with Gasteiger partial charge in [0.25, 0.3) is 0 Å². The normalized spacial score (nSPS) is 27.2. The Balaban J connectivity index is 1.63. The van der Waals surface area contributed by atoms with Gasteiger partial charge in [0.1, 0.15) is 36.3 Å². The van der Waals surface area contributed by atoms with Gasteiger partial charge in [-0.25, -0.2) is 0 Å². The molecule has 1 saturated heterocycles. The largest absolute Gasteiger partial charge is 0.508 e. The maximum Gasteiger partial charge on any atom is 0.121 e. The molecule has 0 radical (unpaired) electrons. The molecule has 6 nitrogen and oxygen atoms in total. The van der Waals surface area contributed by atoms with Gasteiger partial charge < -0.3 is 30.3 Å². The van der Waals surface area contributed by atoms with Crippen LogP contribution in [0, 0.1) is 0 Å². The lowest BCUT2D eigenvalue weighted by Crippen LogP contribution is -2.55. The predicted molar refractivity (Wildman–Crippen MR) is 107 cm³/mol. The van der Waals surface area contributed by atoms with Crippen molar-refractivity contribution in [3.8, 4) is 16.9 Å². The molecular weight excluding hydrogens is 372 g/mol. The summed E-state index contributed by atoms with van der Waals surface area (Å²) < 4.78 is 5.59. The van der Waals surface area contributed by atoms with E-state index in [0.717, 1.165) is 22.3 Å². The number of rotatable bonds is 4. The van der Waals surface area contributed by atoms with Crippen LogP contribution in [0.25, 0.3) is 11.1 Å².